The first-order valence-corrected chi connectivity index (χ1v) is 11.4. The van der Waals surface area contributed by atoms with E-state index in [1.807, 2.05) is 31.2 Å². The van der Waals surface area contributed by atoms with E-state index in [1.165, 1.54) is 6.07 Å². The number of nitrogens with zero attached hydrogens (tertiary/aromatic N) is 6. The molecule has 0 bridgehead atoms. The van der Waals surface area contributed by atoms with E-state index < -0.39 is 0 Å². The van der Waals surface area contributed by atoms with Crippen LogP contribution in [0.1, 0.15) is 20.8 Å². The lowest BCUT2D eigenvalue weighted by molar-refractivity contribution is -0.119. The van der Waals surface area contributed by atoms with Crippen molar-refractivity contribution in [1.29, 1.82) is 0 Å². The highest BCUT2D eigenvalue weighted by Gasteiger charge is 2.35. The van der Waals surface area contributed by atoms with Crippen LogP contribution in [0, 0.1) is 5.82 Å². The number of benzene rings is 2. The van der Waals surface area contributed by atoms with Gasteiger partial charge in [0.15, 0.2) is 5.82 Å². The molecule has 2 aromatic carbocycles. The Morgan fingerprint density at radius 3 is 2.63 bits per heavy atom. The Morgan fingerprint density at radius 2 is 1.86 bits per heavy atom. The Balaban J connectivity index is 1.44. The number of amides is 1. The van der Waals surface area contributed by atoms with Gasteiger partial charge in [-0.25, -0.2) is 9.37 Å². The molecule has 0 spiro atoms. The van der Waals surface area contributed by atoms with E-state index in [-0.39, 0.29) is 23.8 Å². The number of rotatable bonds is 5. The van der Waals surface area contributed by atoms with Crippen LogP contribution in [0.5, 0.6) is 0 Å². The van der Waals surface area contributed by atoms with Gasteiger partial charge in [-0.2, -0.15) is 10.1 Å². The van der Waals surface area contributed by atoms with Gasteiger partial charge >= 0.3 is 0 Å². The fourth-order valence-corrected chi connectivity index (χ4v) is 4.64. The second-order valence-electron chi connectivity index (χ2n) is 8.90. The lowest BCUT2D eigenvalue weighted by atomic mass is 10.0. The van der Waals surface area contributed by atoms with Crippen LogP contribution in [-0.2, 0) is 11.8 Å². The SMILES string of the molecule is CC(C)N1c2cc(Nc3nccc(Nc4nn(C)c5cccc(F)c45)n3)ccc2N(C)C(=O)[C@H]1C. The topological polar surface area (TPSA) is 91.2 Å². The second-order valence-corrected chi connectivity index (χ2v) is 8.90. The van der Waals surface area contributed by atoms with Crippen LogP contribution >= 0.6 is 0 Å². The zero-order valence-electron chi connectivity index (χ0n) is 20.2. The molecule has 2 N–H and O–H groups in total. The molecule has 35 heavy (non-hydrogen) atoms. The van der Waals surface area contributed by atoms with Crippen LogP contribution in [0.25, 0.3) is 10.9 Å². The molecule has 0 radical (unpaired) electrons. The zero-order chi connectivity index (χ0) is 24.9. The lowest BCUT2D eigenvalue weighted by Gasteiger charge is -2.42. The van der Waals surface area contributed by atoms with E-state index in [0.717, 1.165) is 17.1 Å². The Labute approximate surface area is 202 Å². The van der Waals surface area contributed by atoms with Crippen molar-refractivity contribution in [3.05, 3.63) is 54.5 Å². The Morgan fingerprint density at radius 1 is 1.06 bits per heavy atom. The molecule has 1 atom stereocenters. The molecular weight excluding hydrogens is 447 g/mol. The largest absolute Gasteiger partial charge is 0.356 e. The summed E-state index contributed by atoms with van der Waals surface area (Å²) >= 11 is 0. The van der Waals surface area contributed by atoms with Crippen molar-refractivity contribution in [1.82, 2.24) is 19.7 Å². The molecule has 0 fully saturated rings. The van der Waals surface area contributed by atoms with Gasteiger partial charge in [-0.3, -0.25) is 9.48 Å². The van der Waals surface area contributed by atoms with E-state index in [0.29, 0.717) is 28.5 Å². The summed E-state index contributed by atoms with van der Waals surface area (Å²) in [5.41, 5.74) is 3.29. The third kappa shape index (κ3) is 3.90. The van der Waals surface area contributed by atoms with Crippen LogP contribution in [0.15, 0.2) is 48.7 Å². The summed E-state index contributed by atoms with van der Waals surface area (Å²) in [5, 5.41) is 11.2. The molecule has 0 aliphatic carbocycles. The molecule has 2 aromatic heterocycles. The molecular formula is C25H27FN8O. The molecule has 0 saturated carbocycles. The molecule has 0 unspecified atom stereocenters. The molecule has 9 nitrogen and oxygen atoms in total. The minimum atomic E-state index is -0.355. The standard InChI is InChI=1S/C25H27FN8O/c1-14(2)34-15(3)24(35)32(4)18-10-9-16(13-20(18)34)28-25-27-12-11-21(30-25)29-23-22-17(26)7-6-8-19(22)33(5)31-23/h6-15H,1-5H3,(H2,27,28,29,30,31)/t15-/m1/s1. The summed E-state index contributed by atoms with van der Waals surface area (Å²) in [5.74, 6) is 0.944. The summed E-state index contributed by atoms with van der Waals surface area (Å²) in [6.07, 6.45) is 1.62. The summed E-state index contributed by atoms with van der Waals surface area (Å²) in [6.45, 7) is 6.06. The predicted molar refractivity (Wildman–Crippen MR) is 136 cm³/mol. The highest BCUT2D eigenvalue weighted by Crippen LogP contribution is 2.39. The predicted octanol–water partition coefficient (Wildman–Crippen LogP) is 4.57. The number of hydrogen-bond donors (Lipinski definition) is 2. The van der Waals surface area contributed by atoms with Crippen molar-refractivity contribution < 1.29 is 9.18 Å². The highest BCUT2D eigenvalue weighted by atomic mass is 19.1. The summed E-state index contributed by atoms with van der Waals surface area (Å²) in [7, 11) is 3.56. The Bertz CT molecular complexity index is 1430. The number of carbonyl (C=O) groups is 1. The molecule has 4 aromatic rings. The zero-order valence-corrected chi connectivity index (χ0v) is 20.2. The number of halogens is 1. The molecule has 10 heteroatoms. The van der Waals surface area contributed by atoms with Crippen LogP contribution in [0.2, 0.25) is 0 Å². The van der Waals surface area contributed by atoms with E-state index in [9.17, 15) is 9.18 Å². The van der Waals surface area contributed by atoms with Crippen LogP contribution in [-0.4, -0.2) is 44.8 Å². The maximum Gasteiger partial charge on any atom is 0.249 e. The van der Waals surface area contributed by atoms with Crippen molar-refractivity contribution >= 4 is 51.5 Å². The summed E-state index contributed by atoms with van der Waals surface area (Å²) < 4.78 is 16.1. The van der Waals surface area contributed by atoms with Crippen molar-refractivity contribution in [3.63, 3.8) is 0 Å². The molecule has 1 aliphatic rings. The maximum atomic E-state index is 14.5. The van der Waals surface area contributed by atoms with Gasteiger partial charge in [0.25, 0.3) is 0 Å². The summed E-state index contributed by atoms with van der Waals surface area (Å²) in [6, 6.07) is 12.3. The molecule has 5 rings (SSSR count). The fraction of sp³-hybridized carbons (Fsp3) is 0.280. The normalized spacial score (nSPS) is 15.6. The number of aryl methyl sites for hydroxylation is 1. The summed E-state index contributed by atoms with van der Waals surface area (Å²) in [4.78, 5) is 25.4. The second kappa shape index (κ2) is 8.53. The smallest absolute Gasteiger partial charge is 0.249 e. The van der Waals surface area contributed by atoms with E-state index in [1.54, 1.807) is 42.0 Å². The lowest BCUT2D eigenvalue weighted by Crippen LogP contribution is -2.53. The average Bonchev–Trinajstić information content (AvgIpc) is 3.14. The number of aromatic nitrogens is 4. The van der Waals surface area contributed by atoms with Gasteiger partial charge in [-0.1, -0.05) is 6.07 Å². The van der Waals surface area contributed by atoms with Gasteiger partial charge in [-0.15, -0.1) is 0 Å². The third-order valence-electron chi connectivity index (χ3n) is 6.26. The van der Waals surface area contributed by atoms with E-state index in [2.05, 4.69) is 44.4 Å². The quantitative estimate of drug-likeness (QED) is 0.438. The van der Waals surface area contributed by atoms with Gasteiger partial charge in [0, 0.05) is 32.0 Å². The molecule has 1 amide bonds. The first kappa shape index (κ1) is 22.6. The number of likely N-dealkylation sites (N-methyl/N-ethyl adjacent to an activating group) is 1. The van der Waals surface area contributed by atoms with Gasteiger partial charge in [0.2, 0.25) is 11.9 Å². The highest BCUT2D eigenvalue weighted by molar-refractivity contribution is 6.05. The van der Waals surface area contributed by atoms with Gasteiger partial charge < -0.3 is 20.4 Å². The third-order valence-corrected chi connectivity index (χ3v) is 6.26. The average molecular weight is 475 g/mol. The van der Waals surface area contributed by atoms with Crippen molar-refractivity contribution in [2.45, 2.75) is 32.9 Å². The van der Waals surface area contributed by atoms with Crippen LogP contribution < -0.4 is 20.4 Å². The number of hydrogen-bond acceptors (Lipinski definition) is 7. The van der Waals surface area contributed by atoms with E-state index in [4.69, 9.17) is 0 Å². The monoisotopic (exact) mass is 474 g/mol. The fourth-order valence-electron chi connectivity index (χ4n) is 4.64. The van der Waals surface area contributed by atoms with Crippen molar-refractivity contribution in [2.75, 3.05) is 27.5 Å². The maximum absolute atomic E-state index is 14.5. The first-order valence-electron chi connectivity index (χ1n) is 11.4. The van der Waals surface area contributed by atoms with Gasteiger partial charge in [0.05, 0.1) is 22.3 Å². The molecule has 3 heterocycles. The first-order chi connectivity index (χ1) is 16.7. The Kier molecular flexibility index (Phi) is 5.50. The molecule has 180 valence electrons. The number of fused-ring (bicyclic) bond motifs is 2. The Hall–Kier alpha value is -4.21. The van der Waals surface area contributed by atoms with Crippen LogP contribution in [0.4, 0.5) is 39.0 Å². The number of carbonyl (C=O) groups excluding carboxylic acids is 1. The minimum absolute atomic E-state index is 0.0625. The number of anilines is 6. The van der Waals surface area contributed by atoms with Crippen molar-refractivity contribution in [2.24, 2.45) is 7.05 Å². The minimum Gasteiger partial charge on any atom is -0.356 e. The van der Waals surface area contributed by atoms with Crippen LogP contribution in [0.3, 0.4) is 0 Å². The van der Waals surface area contributed by atoms with E-state index >= 15 is 0 Å². The molecule has 0 saturated heterocycles. The van der Waals surface area contributed by atoms with Gasteiger partial charge in [0.1, 0.15) is 17.7 Å². The molecule has 1 aliphatic heterocycles. The number of nitrogens with one attached hydrogen (secondary N) is 2. The van der Waals surface area contributed by atoms with Crippen molar-refractivity contribution in [3.8, 4) is 0 Å². The van der Waals surface area contributed by atoms with Gasteiger partial charge in [-0.05, 0) is 57.2 Å².